The maximum Gasteiger partial charge on any atom is 0.107 e. The van der Waals surface area contributed by atoms with Crippen LogP contribution in [0.3, 0.4) is 0 Å². The molecule has 0 saturated heterocycles. The maximum atomic E-state index is 5.85. The first-order chi connectivity index (χ1) is 9.61. The van der Waals surface area contributed by atoms with Crippen LogP contribution in [0.15, 0.2) is 39.0 Å². The molecule has 0 atom stereocenters. The van der Waals surface area contributed by atoms with Gasteiger partial charge in [0.2, 0.25) is 0 Å². The molecule has 0 spiro atoms. The number of nitrogens with one attached hydrogen (secondary N) is 1. The Morgan fingerprint density at radius 3 is 2.80 bits per heavy atom. The van der Waals surface area contributed by atoms with E-state index in [4.69, 9.17) is 18.0 Å². The van der Waals surface area contributed by atoms with E-state index in [1.807, 2.05) is 24.5 Å². The Labute approximate surface area is 141 Å². The average Bonchev–Trinajstić information content (AvgIpc) is 2.83. The van der Waals surface area contributed by atoms with Crippen LogP contribution >= 0.6 is 51.2 Å². The van der Waals surface area contributed by atoms with Crippen molar-refractivity contribution in [2.45, 2.75) is 11.3 Å². The molecule has 0 aliphatic heterocycles. The van der Waals surface area contributed by atoms with Gasteiger partial charge in [-0.25, -0.2) is 0 Å². The van der Waals surface area contributed by atoms with Gasteiger partial charge in [0.05, 0.1) is 3.79 Å². The molecule has 1 heterocycles. The van der Waals surface area contributed by atoms with E-state index in [2.05, 4.69) is 33.4 Å². The second-order valence-corrected chi connectivity index (χ2v) is 7.97. The van der Waals surface area contributed by atoms with Gasteiger partial charge in [-0.3, -0.25) is 0 Å². The third-order valence-electron chi connectivity index (χ3n) is 2.81. The minimum Gasteiger partial charge on any atom is -0.389 e. The van der Waals surface area contributed by atoms with Crippen LogP contribution < -0.4 is 11.1 Å². The number of thiocarbonyl (C=S) groups is 1. The fourth-order valence-corrected chi connectivity index (χ4v) is 4.32. The third kappa shape index (κ3) is 3.97. The van der Waals surface area contributed by atoms with Crippen molar-refractivity contribution in [1.82, 2.24) is 0 Å². The number of benzene rings is 1. The SMILES string of the molecule is CSc1cccc(NCCc2ccc(Br)s2)c1C(N)=S. The van der Waals surface area contributed by atoms with Crippen molar-refractivity contribution in [2.75, 3.05) is 18.1 Å². The van der Waals surface area contributed by atoms with E-state index in [1.165, 1.54) is 8.66 Å². The largest absolute Gasteiger partial charge is 0.389 e. The van der Waals surface area contributed by atoms with Crippen LogP contribution in [0.1, 0.15) is 10.4 Å². The quantitative estimate of drug-likeness (QED) is 0.565. The number of hydrogen-bond acceptors (Lipinski definition) is 4. The van der Waals surface area contributed by atoms with E-state index in [0.717, 1.165) is 29.1 Å². The molecule has 0 fully saturated rings. The zero-order valence-electron chi connectivity index (χ0n) is 11.0. The molecule has 0 radical (unpaired) electrons. The Hall–Kier alpha value is -0.560. The molecule has 2 rings (SSSR count). The fraction of sp³-hybridized carbons (Fsp3) is 0.214. The number of halogens is 1. The summed E-state index contributed by atoms with van der Waals surface area (Å²) in [6, 6.07) is 10.3. The summed E-state index contributed by atoms with van der Waals surface area (Å²) in [5.41, 5.74) is 7.81. The number of hydrogen-bond donors (Lipinski definition) is 2. The topological polar surface area (TPSA) is 38.0 Å². The van der Waals surface area contributed by atoms with Gasteiger partial charge in [-0.1, -0.05) is 18.3 Å². The number of nitrogens with two attached hydrogens (primary N) is 1. The normalized spacial score (nSPS) is 10.5. The molecule has 3 N–H and O–H groups in total. The van der Waals surface area contributed by atoms with Crippen LogP contribution in [-0.2, 0) is 6.42 Å². The Morgan fingerprint density at radius 1 is 1.40 bits per heavy atom. The zero-order valence-corrected chi connectivity index (χ0v) is 15.0. The van der Waals surface area contributed by atoms with Crippen molar-refractivity contribution in [3.05, 3.63) is 44.6 Å². The Balaban J connectivity index is 2.07. The second-order valence-electron chi connectivity index (χ2n) is 4.13. The first kappa shape index (κ1) is 15.8. The summed E-state index contributed by atoms with van der Waals surface area (Å²) in [6.07, 6.45) is 3.01. The number of thiophene rings is 1. The van der Waals surface area contributed by atoms with Gasteiger partial charge in [0.15, 0.2) is 0 Å². The van der Waals surface area contributed by atoms with E-state index in [0.29, 0.717) is 4.99 Å². The van der Waals surface area contributed by atoms with Crippen LogP contribution in [0, 0.1) is 0 Å². The minimum absolute atomic E-state index is 0.441. The zero-order chi connectivity index (χ0) is 14.5. The van der Waals surface area contributed by atoms with Crippen molar-refractivity contribution in [3.8, 4) is 0 Å². The highest BCUT2D eigenvalue weighted by Gasteiger charge is 2.10. The fourth-order valence-electron chi connectivity index (χ4n) is 1.91. The molecule has 2 nitrogen and oxygen atoms in total. The van der Waals surface area contributed by atoms with Gasteiger partial charge in [-0.05, 0) is 52.9 Å². The summed E-state index contributed by atoms with van der Waals surface area (Å²) < 4.78 is 1.17. The molecule has 1 aromatic carbocycles. The molecule has 0 bridgehead atoms. The Morgan fingerprint density at radius 2 is 2.20 bits per heavy atom. The molecular formula is C14H15BrN2S3. The molecule has 0 saturated carbocycles. The Kier molecular flexibility index (Phi) is 5.89. The first-order valence-corrected chi connectivity index (χ1v) is 9.31. The average molecular weight is 387 g/mol. The lowest BCUT2D eigenvalue weighted by molar-refractivity contribution is 1.04. The molecule has 0 aliphatic carbocycles. The van der Waals surface area contributed by atoms with Gasteiger partial charge in [0.25, 0.3) is 0 Å². The second kappa shape index (κ2) is 7.45. The summed E-state index contributed by atoms with van der Waals surface area (Å²) >= 11 is 12.1. The summed E-state index contributed by atoms with van der Waals surface area (Å²) in [5, 5.41) is 3.44. The smallest absolute Gasteiger partial charge is 0.107 e. The molecule has 0 unspecified atom stereocenters. The van der Waals surface area contributed by atoms with Crippen LogP contribution in [0.2, 0.25) is 0 Å². The van der Waals surface area contributed by atoms with Crippen LogP contribution in [0.4, 0.5) is 5.69 Å². The highest BCUT2D eigenvalue weighted by molar-refractivity contribution is 9.11. The van der Waals surface area contributed by atoms with Gasteiger partial charge >= 0.3 is 0 Å². The molecule has 20 heavy (non-hydrogen) atoms. The van der Waals surface area contributed by atoms with Crippen molar-refractivity contribution in [1.29, 1.82) is 0 Å². The minimum atomic E-state index is 0.441. The number of rotatable bonds is 6. The lowest BCUT2D eigenvalue weighted by Gasteiger charge is -2.14. The Bertz CT molecular complexity index is 610. The first-order valence-electron chi connectivity index (χ1n) is 6.06. The van der Waals surface area contributed by atoms with Gasteiger partial charge in [-0.15, -0.1) is 23.1 Å². The van der Waals surface area contributed by atoms with Crippen LogP contribution in [0.5, 0.6) is 0 Å². The molecule has 106 valence electrons. The molecule has 6 heteroatoms. The predicted molar refractivity (Wildman–Crippen MR) is 98.3 cm³/mol. The predicted octanol–water partition coefficient (Wildman–Crippen LogP) is 4.52. The van der Waals surface area contributed by atoms with Crippen molar-refractivity contribution in [2.24, 2.45) is 5.73 Å². The molecule has 0 amide bonds. The number of thioether (sulfide) groups is 1. The van der Waals surface area contributed by atoms with E-state index in [-0.39, 0.29) is 0 Å². The van der Waals surface area contributed by atoms with Crippen molar-refractivity contribution >= 4 is 61.9 Å². The lowest BCUT2D eigenvalue weighted by Crippen LogP contribution is -2.15. The highest BCUT2D eigenvalue weighted by Crippen LogP contribution is 2.27. The van der Waals surface area contributed by atoms with Gasteiger partial charge in [0.1, 0.15) is 4.99 Å². The van der Waals surface area contributed by atoms with Crippen molar-refractivity contribution in [3.63, 3.8) is 0 Å². The summed E-state index contributed by atoms with van der Waals surface area (Å²) in [4.78, 5) is 2.90. The van der Waals surface area contributed by atoms with E-state index in [1.54, 1.807) is 23.1 Å². The van der Waals surface area contributed by atoms with Crippen LogP contribution in [-0.4, -0.2) is 17.8 Å². The maximum absolute atomic E-state index is 5.85. The van der Waals surface area contributed by atoms with E-state index >= 15 is 0 Å². The van der Waals surface area contributed by atoms with Gasteiger partial charge < -0.3 is 11.1 Å². The van der Waals surface area contributed by atoms with E-state index < -0.39 is 0 Å². The van der Waals surface area contributed by atoms with Gasteiger partial charge in [0, 0.05) is 27.6 Å². The molecule has 0 aliphatic rings. The number of anilines is 1. The standard InChI is InChI=1S/C14H15BrN2S3/c1-19-11-4-2-3-10(13(11)14(16)18)17-8-7-9-5-6-12(15)20-9/h2-6,17H,7-8H2,1H3,(H2,16,18). The third-order valence-corrected chi connectivity index (χ3v) is 5.48. The lowest BCUT2D eigenvalue weighted by atomic mass is 10.1. The molecular weight excluding hydrogens is 372 g/mol. The van der Waals surface area contributed by atoms with E-state index in [9.17, 15) is 0 Å². The highest BCUT2D eigenvalue weighted by atomic mass is 79.9. The summed E-state index contributed by atoms with van der Waals surface area (Å²) in [5.74, 6) is 0. The monoisotopic (exact) mass is 386 g/mol. The van der Waals surface area contributed by atoms with Crippen LogP contribution in [0.25, 0.3) is 0 Å². The molecule has 2 aromatic rings. The molecule has 1 aromatic heterocycles. The van der Waals surface area contributed by atoms with Crippen molar-refractivity contribution < 1.29 is 0 Å². The summed E-state index contributed by atoms with van der Waals surface area (Å²) in [7, 11) is 0. The summed E-state index contributed by atoms with van der Waals surface area (Å²) in [6.45, 7) is 0.862. The van der Waals surface area contributed by atoms with Gasteiger partial charge in [-0.2, -0.15) is 0 Å².